The van der Waals surface area contributed by atoms with Gasteiger partial charge in [-0.1, -0.05) is 35.5 Å². The van der Waals surface area contributed by atoms with E-state index in [9.17, 15) is 4.79 Å². The molecule has 0 spiro atoms. The zero-order valence-corrected chi connectivity index (χ0v) is 14.1. The lowest BCUT2D eigenvalue weighted by Crippen LogP contribution is -2.30. The Hall–Kier alpha value is -2.89. The fourth-order valence-corrected chi connectivity index (χ4v) is 3.34. The van der Waals surface area contributed by atoms with E-state index < -0.39 is 0 Å². The molecule has 3 aromatic rings. The van der Waals surface area contributed by atoms with Gasteiger partial charge >= 0.3 is 0 Å². The summed E-state index contributed by atoms with van der Waals surface area (Å²) in [5, 5.41) is 8.29. The standard InChI is InChI=1S/C19H20N4O2/c1-14-10-18(25-21-14)17-8-5-9-23(17)19(24)16-11-20-22(13-16)12-15-6-3-2-4-7-15/h2-4,6-7,10-11,13,17H,5,8-9,12H2,1H3/t17-/m0/s1. The molecule has 3 heterocycles. The Labute approximate surface area is 146 Å². The van der Waals surface area contributed by atoms with Crippen LogP contribution in [0.15, 0.2) is 53.3 Å². The van der Waals surface area contributed by atoms with Gasteiger partial charge in [0, 0.05) is 18.8 Å². The number of hydrogen-bond acceptors (Lipinski definition) is 4. The van der Waals surface area contributed by atoms with Gasteiger partial charge in [0.15, 0.2) is 5.76 Å². The summed E-state index contributed by atoms with van der Waals surface area (Å²) < 4.78 is 7.18. The van der Waals surface area contributed by atoms with Crippen LogP contribution in [0.4, 0.5) is 0 Å². The lowest BCUT2D eigenvalue weighted by molar-refractivity contribution is 0.0714. The number of aromatic nitrogens is 3. The Morgan fingerprint density at radius 3 is 2.92 bits per heavy atom. The SMILES string of the molecule is Cc1cc([C@@H]2CCCN2C(=O)c2cnn(Cc3ccccc3)c2)on1. The number of carbonyl (C=O) groups is 1. The van der Waals surface area contributed by atoms with Crippen LogP contribution in [0.3, 0.4) is 0 Å². The van der Waals surface area contributed by atoms with Crippen molar-refractivity contribution in [2.45, 2.75) is 32.4 Å². The lowest BCUT2D eigenvalue weighted by Gasteiger charge is -2.21. The summed E-state index contributed by atoms with van der Waals surface area (Å²) >= 11 is 0. The molecule has 1 atom stereocenters. The predicted octanol–water partition coefficient (Wildman–Crippen LogP) is 3.21. The summed E-state index contributed by atoms with van der Waals surface area (Å²) in [6, 6.07) is 12.0. The first-order chi connectivity index (χ1) is 12.2. The highest BCUT2D eigenvalue weighted by Gasteiger charge is 2.33. The van der Waals surface area contributed by atoms with Crippen LogP contribution < -0.4 is 0 Å². The second-order valence-electron chi connectivity index (χ2n) is 6.44. The van der Waals surface area contributed by atoms with Gasteiger partial charge in [0.2, 0.25) is 0 Å². The highest BCUT2D eigenvalue weighted by Crippen LogP contribution is 2.33. The molecule has 2 aromatic heterocycles. The molecule has 1 aliphatic heterocycles. The molecule has 1 aromatic carbocycles. The molecule has 0 aliphatic carbocycles. The quantitative estimate of drug-likeness (QED) is 0.734. The maximum absolute atomic E-state index is 12.9. The van der Waals surface area contributed by atoms with E-state index in [2.05, 4.69) is 10.3 Å². The van der Waals surface area contributed by atoms with Gasteiger partial charge in [0.25, 0.3) is 5.91 Å². The van der Waals surface area contributed by atoms with E-state index >= 15 is 0 Å². The zero-order valence-electron chi connectivity index (χ0n) is 14.1. The molecule has 0 radical (unpaired) electrons. The van der Waals surface area contributed by atoms with E-state index in [-0.39, 0.29) is 11.9 Å². The Balaban J connectivity index is 1.51. The molecule has 6 heteroatoms. The van der Waals surface area contributed by atoms with Crippen molar-refractivity contribution in [3.05, 3.63) is 71.4 Å². The minimum atomic E-state index is -0.0360. The normalized spacial score (nSPS) is 17.2. The van der Waals surface area contributed by atoms with Gasteiger partial charge in [0.1, 0.15) is 0 Å². The van der Waals surface area contributed by atoms with E-state index in [4.69, 9.17) is 4.52 Å². The van der Waals surface area contributed by atoms with Crippen LogP contribution >= 0.6 is 0 Å². The zero-order chi connectivity index (χ0) is 17.2. The third-order valence-electron chi connectivity index (χ3n) is 4.56. The first-order valence-corrected chi connectivity index (χ1v) is 8.51. The Bertz CT molecular complexity index is 868. The largest absolute Gasteiger partial charge is 0.359 e. The van der Waals surface area contributed by atoms with Crippen LogP contribution in [0, 0.1) is 6.92 Å². The fraction of sp³-hybridized carbons (Fsp3) is 0.316. The van der Waals surface area contributed by atoms with E-state index in [1.807, 2.05) is 54.4 Å². The topological polar surface area (TPSA) is 64.2 Å². The maximum atomic E-state index is 12.9. The molecule has 1 saturated heterocycles. The summed E-state index contributed by atoms with van der Waals surface area (Å²) in [7, 11) is 0. The van der Waals surface area contributed by atoms with Crippen molar-refractivity contribution in [3.8, 4) is 0 Å². The maximum Gasteiger partial charge on any atom is 0.257 e. The molecule has 1 aliphatic rings. The molecule has 6 nitrogen and oxygen atoms in total. The van der Waals surface area contributed by atoms with Crippen molar-refractivity contribution in [2.24, 2.45) is 0 Å². The molecule has 4 rings (SSSR count). The molecule has 1 amide bonds. The number of aryl methyl sites for hydroxylation is 1. The summed E-state index contributed by atoms with van der Waals surface area (Å²) in [6.45, 7) is 3.27. The van der Waals surface area contributed by atoms with Crippen molar-refractivity contribution in [2.75, 3.05) is 6.54 Å². The highest BCUT2D eigenvalue weighted by atomic mass is 16.5. The fourth-order valence-electron chi connectivity index (χ4n) is 3.34. The molecular weight excluding hydrogens is 316 g/mol. The Morgan fingerprint density at radius 1 is 1.32 bits per heavy atom. The molecule has 0 bridgehead atoms. The van der Waals surface area contributed by atoms with Crippen molar-refractivity contribution in [1.29, 1.82) is 0 Å². The number of rotatable bonds is 4. The molecule has 128 valence electrons. The molecule has 25 heavy (non-hydrogen) atoms. The summed E-state index contributed by atoms with van der Waals surface area (Å²) in [5.74, 6) is 0.760. The number of likely N-dealkylation sites (tertiary alicyclic amines) is 1. The monoisotopic (exact) mass is 336 g/mol. The van der Waals surface area contributed by atoms with Crippen LogP contribution in [0.5, 0.6) is 0 Å². The minimum Gasteiger partial charge on any atom is -0.359 e. The van der Waals surface area contributed by atoms with Crippen LogP contribution in [-0.2, 0) is 6.54 Å². The average Bonchev–Trinajstić information content (AvgIpc) is 3.35. The first kappa shape index (κ1) is 15.6. The number of carbonyl (C=O) groups excluding carboxylic acids is 1. The minimum absolute atomic E-state index is 0.00383. The second-order valence-corrected chi connectivity index (χ2v) is 6.44. The van der Waals surface area contributed by atoms with E-state index in [1.54, 1.807) is 10.9 Å². The van der Waals surface area contributed by atoms with Gasteiger partial charge in [-0.25, -0.2) is 0 Å². The van der Waals surface area contributed by atoms with E-state index in [0.717, 1.165) is 36.4 Å². The highest BCUT2D eigenvalue weighted by molar-refractivity contribution is 5.94. The molecule has 0 N–H and O–H groups in total. The molecular formula is C19H20N4O2. The molecule has 1 fully saturated rings. The predicted molar refractivity (Wildman–Crippen MR) is 92.0 cm³/mol. The van der Waals surface area contributed by atoms with Crippen molar-refractivity contribution in [3.63, 3.8) is 0 Å². The van der Waals surface area contributed by atoms with Crippen LogP contribution in [0.1, 0.15) is 46.3 Å². The van der Waals surface area contributed by atoms with Gasteiger partial charge in [-0.15, -0.1) is 0 Å². The van der Waals surface area contributed by atoms with Gasteiger partial charge < -0.3 is 9.42 Å². The van der Waals surface area contributed by atoms with E-state index in [0.29, 0.717) is 12.1 Å². The van der Waals surface area contributed by atoms with Crippen LogP contribution in [0.2, 0.25) is 0 Å². The number of benzene rings is 1. The van der Waals surface area contributed by atoms with Gasteiger partial charge in [-0.2, -0.15) is 5.10 Å². The summed E-state index contributed by atoms with van der Waals surface area (Å²) in [6.07, 6.45) is 5.33. The smallest absolute Gasteiger partial charge is 0.257 e. The Kier molecular flexibility index (Phi) is 4.09. The van der Waals surface area contributed by atoms with Gasteiger partial charge in [0.05, 0.1) is 30.0 Å². The third-order valence-corrected chi connectivity index (χ3v) is 4.56. The molecule has 0 unspecified atom stereocenters. The van der Waals surface area contributed by atoms with Crippen LogP contribution in [0.25, 0.3) is 0 Å². The Morgan fingerprint density at radius 2 is 2.16 bits per heavy atom. The average molecular weight is 336 g/mol. The lowest BCUT2D eigenvalue weighted by atomic mass is 10.1. The van der Waals surface area contributed by atoms with Crippen molar-refractivity contribution >= 4 is 5.91 Å². The summed E-state index contributed by atoms with van der Waals surface area (Å²) in [5.41, 5.74) is 2.60. The van der Waals surface area contributed by atoms with Gasteiger partial charge in [-0.3, -0.25) is 9.48 Å². The number of nitrogens with zero attached hydrogens (tertiary/aromatic N) is 4. The first-order valence-electron chi connectivity index (χ1n) is 8.51. The second kappa shape index (κ2) is 6.55. The van der Waals surface area contributed by atoms with Crippen molar-refractivity contribution in [1.82, 2.24) is 19.8 Å². The van der Waals surface area contributed by atoms with Crippen LogP contribution in [-0.4, -0.2) is 32.3 Å². The van der Waals surface area contributed by atoms with Crippen molar-refractivity contribution < 1.29 is 9.32 Å². The molecule has 0 saturated carbocycles. The number of hydrogen-bond donors (Lipinski definition) is 0. The number of amides is 1. The summed E-state index contributed by atoms with van der Waals surface area (Å²) in [4.78, 5) is 14.8. The van der Waals surface area contributed by atoms with E-state index in [1.165, 1.54) is 0 Å². The van der Waals surface area contributed by atoms with Gasteiger partial charge in [-0.05, 0) is 25.3 Å². The third kappa shape index (κ3) is 3.20.